The molecular formula is C18H26N4. The Morgan fingerprint density at radius 2 is 1.68 bits per heavy atom. The van der Waals surface area contributed by atoms with Crippen molar-refractivity contribution in [3.05, 3.63) is 41.2 Å². The summed E-state index contributed by atoms with van der Waals surface area (Å²) in [5.41, 5.74) is 3.62. The first-order chi connectivity index (χ1) is 10.6. The average molecular weight is 298 g/mol. The first kappa shape index (κ1) is 16.3. The van der Waals surface area contributed by atoms with Crippen LogP contribution in [0.5, 0.6) is 0 Å². The van der Waals surface area contributed by atoms with Crippen molar-refractivity contribution < 1.29 is 0 Å². The molecule has 1 heterocycles. The maximum Gasteiger partial charge on any atom is 0.136 e. The minimum absolute atomic E-state index is 0.770. The first-order valence-corrected chi connectivity index (χ1v) is 8.02. The number of aromatic nitrogens is 2. The molecule has 0 radical (unpaired) electrons. The Hall–Kier alpha value is -2.10. The van der Waals surface area contributed by atoms with Gasteiger partial charge in [0.1, 0.15) is 17.5 Å². The number of rotatable bonds is 7. The topological polar surface area (TPSA) is 49.8 Å². The van der Waals surface area contributed by atoms with E-state index in [0.29, 0.717) is 0 Å². The molecule has 0 saturated carbocycles. The van der Waals surface area contributed by atoms with E-state index >= 15 is 0 Å². The van der Waals surface area contributed by atoms with Crippen LogP contribution in [0.1, 0.15) is 43.1 Å². The van der Waals surface area contributed by atoms with Crippen molar-refractivity contribution in [3.63, 3.8) is 0 Å². The summed E-state index contributed by atoms with van der Waals surface area (Å²) in [7, 11) is 0. The minimum atomic E-state index is 0.770. The highest BCUT2D eigenvalue weighted by Crippen LogP contribution is 2.20. The average Bonchev–Trinajstić information content (AvgIpc) is 2.47. The molecule has 0 aliphatic carbocycles. The quantitative estimate of drug-likeness (QED) is 0.724. The number of benzene rings is 1. The van der Waals surface area contributed by atoms with Crippen LogP contribution in [0.3, 0.4) is 0 Å². The van der Waals surface area contributed by atoms with Gasteiger partial charge in [-0.15, -0.1) is 0 Å². The Bertz CT molecular complexity index is 622. The van der Waals surface area contributed by atoms with E-state index < -0.39 is 0 Å². The molecular weight excluding hydrogens is 272 g/mol. The molecule has 2 rings (SSSR count). The SMILES string of the molecule is CCCCCNc1cc(Nc2ccc(C)c(C)c2)nc(C)n1. The van der Waals surface area contributed by atoms with E-state index in [-0.39, 0.29) is 0 Å². The normalized spacial score (nSPS) is 10.5. The molecule has 1 aromatic carbocycles. The zero-order valence-corrected chi connectivity index (χ0v) is 14.0. The van der Waals surface area contributed by atoms with Gasteiger partial charge in [-0.3, -0.25) is 0 Å². The number of anilines is 3. The van der Waals surface area contributed by atoms with Crippen molar-refractivity contribution in [2.75, 3.05) is 17.2 Å². The van der Waals surface area contributed by atoms with E-state index in [4.69, 9.17) is 0 Å². The van der Waals surface area contributed by atoms with Crippen molar-refractivity contribution in [2.24, 2.45) is 0 Å². The lowest BCUT2D eigenvalue weighted by Crippen LogP contribution is -2.06. The highest BCUT2D eigenvalue weighted by atomic mass is 15.1. The molecule has 0 aliphatic heterocycles. The van der Waals surface area contributed by atoms with Crippen LogP contribution >= 0.6 is 0 Å². The van der Waals surface area contributed by atoms with Crippen LogP contribution in [-0.2, 0) is 0 Å². The second kappa shape index (κ2) is 7.78. The van der Waals surface area contributed by atoms with Crippen LogP contribution in [0.2, 0.25) is 0 Å². The summed E-state index contributed by atoms with van der Waals surface area (Å²) in [6.45, 7) is 9.31. The number of hydrogen-bond donors (Lipinski definition) is 2. The Morgan fingerprint density at radius 1 is 0.909 bits per heavy atom. The maximum atomic E-state index is 4.46. The van der Waals surface area contributed by atoms with Gasteiger partial charge in [0.05, 0.1) is 0 Å². The number of nitrogens with one attached hydrogen (secondary N) is 2. The fraction of sp³-hybridized carbons (Fsp3) is 0.444. The van der Waals surface area contributed by atoms with E-state index in [1.54, 1.807) is 0 Å². The molecule has 2 N–H and O–H groups in total. The molecule has 0 unspecified atom stereocenters. The van der Waals surface area contributed by atoms with Crippen LogP contribution in [0.15, 0.2) is 24.3 Å². The van der Waals surface area contributed by atoms with Gasteiger partial charge in [0.25, 0.3) is 0 Å². The largest absolute Gasteiger partial charge is 0.370 e. The van der Waals surface area contributed by atoms with Gasteiger partial charge < -0.3 is 10.6 Å². The molecule has 22 heavy (non-hydrogen) atoms. The Balaban J connectivity index is 2.06. The third-order valence-corrected chi connectivity index (χ3v) is 3.70. The second-order valence-corrected chi connectivity index (χ2v) is 5.74. The van der Waals surface area contributed by atoms with Gasteiger partial charge in [0.15, 0.2) is 0 Å². The summed E-state index contributed by atoms with van der Waals surface area (Å²) in [6, 6.07) is 8.30. The highest BCUT2D eigenvalue weighted by Gasteiger charge is 2.03. The summed E-state index contributed by atoms with van der Waals surface area (Å²) < 4.78 is 0. The van der Waals surface area contributed by atoms with E-state index in [0.717, 1.165) is 29.7 Å². The summed E-state index contributed by atoms with van der Waals surface area (Å²) in [5.74, 6) is 2.48. The molecule has 0 saturated heterocycles. The molecule has 0 fully saturated rings. The standard InChI is InChI=1S/C18H26N4/c1-5-6-7-10-19-17-12-18(21-15(4)20-17)22-16-9-8-13(2)14(3)11-16/h8-9,11-12H,5-7,10H2,1-4H3,(H2,19,20,21,22). The van der Waals surface area contributed by atoms with Gasteiger partial charge in [0, 0.05) is 18.3 Å². The summed E-state index contributed by atoms with van der Waals surface area (Å²) in [5, 5.41) is 6.74. The fourth-order valence-corrected chi connectivity index (χ4v) is 2.28. The van der Waals surface area contributed by atoms with Gasteiger partial charge in [0.2, 0.25) is 0 Å². The lowest BCUT2D eigenvalue weighted by Gasteiger charge is -2.11. The Morgan fingerprint density at radius 3 is 2.41 bits per heavy atom. The van der Waals surface area contributed by atoms with Crippen molar-refractivity contribution in [1.29, 1.82) is 0 Å². The fourth-order valence-electron chi connectivity index (χ4n) is 2.28. The van der Waals surface area contributed by atoms with Crippen molar-refractivity contribution in [1.82, 2.24) is 9.97 Å². The first-order valence-electron chi connectivity index (χ1n) is 8.02. The van der Waals surface area contributed by atoms with E-state index in [1.165, 1.54) is 30.4 Å². The van der Waals surface area contributed by atoms with Crippen LogP contribution < -0.4 is 10.6 Å². The summed E-state index contributed by atoms with van der Waals surface area (Å²) in [4.78, 5) is 8.91. The van der Waals surface area contributed by atoms with Crippen LogP contribution in [-0.4, -0.2) is 16.5 Å². The van der Waals surface area contributed by atoms with Crippen LogP contribution in [0.4, 0.5) is 17.3 Å². The van der Waals surface area contributed by atoms with Crippen molar-refractivity contribution >= 4 is 17.3 Å². The molecule has 4 heteroatoms. The highest BCUT2D eigenvalue weighted by molar-refractivity contribution is 5.60. The van der Waals surface area contributed by atoms with Gasteiger partial charge in [-0.05, 0) is 50.5 Å². The third kappa shape index (κ3) is 4.72. The van der Waals surface area contributed by atoms with Crippen LogP contribution in [0, 0.1) is 20.8 Å². The van der Waals surface area contributed by atoms with Gasteiger partial charge in [-0.2, -0.15) is 0 Å². The predicted molar refractivity (Wildman–Crippen MR) is 94.0 cm³/mol. The van der Waals surface area contributed by atoms with Crippen molar-refractivity contribution in [2.45, 2.75) is 47.0 Å². The number of aryl methyl sites for hydroxylation is 3. The zero-order valence-electron chi connectivity index (χ0n) is 14.0. The molecule has 2 aromatic rings. The zero-order chi connectivity index (χ0) is 15.9. The number of nitrogens with zero attached hydrogens (tertiary/aromatic N) is 2. The van der Waals surface area contributed by atoms with Gasteiger partial charge in [-0.25, -0.2) is 9.97 Å². The minimum Gasteiger partial charge on any atom is -0.370 e. The predicted octanol–water partition coefficient (Wildman–Crippen LogP) is 4.75. The lowest BCUT2D eigenvalue weighted by molar-refractivity contribution is 0.742. The van der Waals surface area contributed by atoms with E-state index in [1.807, 2.05) is 13.0 Å². The molecule has 0 aliphatic rings. The molecule has 118 valence electrons. The summed E-state index contributed by atoms with van der Waals surface area (Å²) in [6.07, 6.45) is 3.63. The third-order valence-electron chi connectivity index (χ3n) is 3.70. The number of unbranched alkanes of at least 4 members (excludes halogenated alkanes) is 2. The second-order valence-electron chi connectivity index (χ2n) is 5.74. The molecule has 0 amide bonds. The molecule has 0 spiro atoms. The van der Waals surface area contributed by atoms with Crippen molar-refractivity contribution in [3.8, 4) is 0 Å². The van der Waals surface area contributed by atoms with Gasteiger partial charge >= 0.3 is 0 Å². The molecule has 1 aromatic heterocycles. The molecule has 4 nitrogen and oxygen atoms in total. The van der Waals surface area contributed by atoms with E-state index in [9.17, 15) is 0 Å². The maximum absolute atomic E-state index is 4.46. The Labute approximate surface area is 133 Å². The lowest BCUT2D eigenvalue weighted by atomic mass is 10.1. The van der Waals surface area contributed by atoms with E-state index in [2.05, 4.69) is 59.6 Å². The monoisotopic (exact) mass is 298 g/mol. The Kier molecular flexibility index (Phi) is 5.75. The molecule has 0 atom stereocenters. The van der Waals surface area contributed by atoms with Gasteiger partial charge in [-0.1, -0.05) is 25.8 Å². The molecule has 0 bridgehead atoms. The summed E-state index contributed by atoms with van der Waals surface area (Å²) >= 11 is 0. The van der Waals surface area contributed by atoms with Crippen LogP contribution in [0.25, 0.3) is 0 Å². The smallest absolute Gasteiger partial charge is 0.136 e. The number of hydrogen-bond acceptors (Lipinski definition) is 4.